The van der Waals surface area contributed by atoms with E-state index >= 15 is 0 Å². The minimum Gasteiger partial charge on any atom is -0.484 e. The van der Waals surface area contributed by atoms with E-state index in [0.29, 0.717) is 11.6 Å². The summed E-state index contributed by atoms with van der Waals surface area (Å²) in [7, 11) is 0. The third kappa shape index (κ3) is 4.41. The number of carbonyl (C=O) groups is 1. The Morgan fingerprint density at radius 3 is 2.65 bits per heavy atom. The summed E-state index contributed by atoms with van der Waals surface area (Å²) < 4.78 is 5.47. The van der Waals surface area contributed by atoms with E-state index in [1.807, 2.05) is 24.3 Å². The number of imidazole rings is 1. The minimum absolute atomic E-state index is 0.0614. The number of amides is 1. The first-order chi connectivity index (χ1) is 11.3. The maximum Gasteiger partial charge on any atom is 0.263 e. The predicted molar refractivity (Wildman–Crippen MR) is 86.2 cm³/mol. The molecule has 0 fully saturated rings. The zero-order valence-corrected chi connectivity index (χ0v) is 12.4. The Hall–Kier alpha value is -3.15. The van der Waals surface area contributed by atoms with Crippen molar-refractivity contribution in [2.75, 3.05) is 11.9 Å². The standard InChI is InChI=1S/C17H16N4O2/c22-17(21-15-3-1-2-8-18-15)12-23-14-6-4-13(5-7-14)11-16-19-9-10-20-16/h1-10H,11-12H2,(H,19,20)(H,18,21,22). The van der Waals surface area contributed by atoms with E-state index in [9.17, 15) is 4.79 Å². The highest BCUT2D eigenvalue weighted by atomic mass is 16.5. The van der Waals surface area contributed by atoms with Crippen LogP contribution in [-0.4, -0.2) is 27.5 Å². The highest BCUT2D eigenvalue weighted by molar-refractivity contribution is 5.90. The molecule has 3 rings (SSSR count). The first kappa shape index (κ1) is 14.8. The van der Waals surface area contributed by atoms with Crippen molar-refractivity contribution in [1.29, 1.82) is 0 Å². The fourth-order valence-electron chi connectivity index (χ4n) is 2.06. The molecule has 0 radical (unpaired) electrons. The lowest BCUT2D eigenvalue weighted by Gasteiger charge is -2.07. The van der Waals surface area contributed by atoms with Gasteiger partial charge < -0.3 is 15.0 Å². The molecule has 0 saturated carbocycles. The maximum atomic E-state index is 11.8. The van der Waals surface area contributed by atoms with Gasteiger partial charge in [-0.25, -0.2) is 9.97 Å². The summed E-state index contributed by atoms with van der Waals surface area (Å²) in [5.74, 6) is 1.82. The van der Waals surface area contributed by atoms with Gasteiger partial charge in [-0.3, -0.25) is 4.79 Å². The van der Waals surface area contributed by atoms with Gasteiger partial charge in [0.1, 0.15) is 17.4 Å². The first-order valence-electron chi connectivity index (χ1n) is 7.20. The van der Waals surface area contributed by atoms with Crippen LogP contribution >= 0.6 is 0 Å². The third-order valence-electron chi connectivity index (χ3n) is 3.15. The summed E-state index contributed by atoms with van der Waals surface area (Å²) in [6.07, 6.45) is 5.88. The van der Waals surface area contributed by atoms with Crippen molar-refractivity contribution in [2.24, 2.45) is 0 Å². The van der Waals surface area contributed by atoms with Gasteiger partial charge in [0, 0.05) is 25.0 Å². The Kier molecular flexibility index (Phi) is 4.63. The van der Waals surface area contributed by atoms with Crippen LogP contribution in [0.5, 0.6) is 5.75 Å². The van der Waals surface area contributed by atoms with Crippen LogP contribution in [-0.2, 0) is 11.2 Å². The summed E-state index contributed by atoms with van der Waals surface area (Å²) in [5, 5.41) is 2.67. The highest BCUT2D eigenvalue weighted by Crippen LogP contribution is 2.14. The van der Waals surface area contributed by atoms with Crippen molar-refractivity contribution in [2.45, 2.75) is 6.42 Å². The lowest BCUT2D eigenvalue weighted by atomic mass is 10.1. The quantitative estimate of drug-likeness (QED) is 0.733. The molecule has 0 spiro atoms. The van der Waals surface area contributed by atoms with Crippen molar-refractivity contribution in [3.05, 3.63) is 72.4 Å². The minimum atomic E-state index is -0.247. The molecule has 0 atom stereocenters. The molecular formula is C17H16N4O2. The number of pyridine rings is 1. The van der Waals surface area contributed by atoms with E-state index in [0.717, 1.165) is 17.8 Å². The van der Waals surface area contributed by atoms with Crippen LogP contribution in [0.15, 0.2) is 61.1 Å². The summed E-state index contributed by atoms with van der Waals surface area (Å²) in [6, 6.07) is 12.9. The number of rotatable bonds is 6. The van der Waals surface area contributed by atoms with E-state index < -0.39 is 0 Å². The van der Waals surface area contributed by atoms with Gasteiger partial charge in [-0.2, -0.15) is 0 Å². The van der Waals surface area contributed by atoms with Gasteiger partial charge in [-0.1, -0.05) is 18.2 Å². The van der Waals surface area contributed by atoms with E-state index in [1.165, 1.54) is 0 Å². The number of ether oxygens (including phenoxy) is 1. The Labute approximate surface area is 133 Å². The maximum absolute atomic E-state index is 11.8. The molecule has 2 heterocycles. The Morgan fingerprint density at radius 1 is 1.09 bits per heavy atom. The van der Waals surface area contributed by atoms with Crippen molar-refractivity contribution in [3.63, 3.8) is 0 Å². The summed E-state index contributed by atoms with van der Waals surface area (Å²) in [5.41, 5.74) is 1.12. The van der Waals surface area contributed by atoms with Crippen LogP contribution in [0.3, 0.4) is 0 Å². The van der Waals surface area contributed by atoms with E-state index in [-0.39, 0.29) is 12.5 Å². The molecule has 1 aromatic carbocycles. The predicted octanol–water partition coefficient (Wildman–Crippen LogP) is 2.41. The fourth-order valence-corrected chi connectivity index (χ4v) is 2.06. The van der Waals surface area contributed by atoms with Crippen molar-refractivity contribution < 1.29 is 9.53 Å². The van der Waals surface area contributed by atoms with Crippen LogP contribution in [0.1, 0.15) is 11.4 Å². The van der Waals surface area contributed by atoms with Gasteiger partial charge in [0.2, 0.25) is 0 Å². The van der Waals surface area contributed by atoms with Gasteiger partial charge in [0.25, 0.3) is 5.91 Å². The molecule has 0 aliphatic heterocycles. The molecule has 2 aromatic heterocycles. The van der Waals surface area contributed by atoms with Crippen LogP contribution in [0.4, 0.5) is 5.82 Å². The van der Waals surface area contributed by atoms with Crippen molar-refractivity contribution in [1.82, 2.24) is 15.0 Å². The number of anilines is 1. The molecule has 0 bridgehead atoms. The molecular weight excluding hydrogens is 292 g/mol. The average Bonchev–Trinajstić information content (AvgIpc) is 3.08. The average molecular weight is 308 g/mol. The van der Waals surface area contributed by atoms with E-state index in [1.54, 1.807) is 36.8 Å². The molecule has 0 aliphatic carbocycles. The SMILES string of the molecule is O=C(COc1ccc(Cc2ncc[nH]2)cc1)Nc1ccccn1. The number of nitrogens with one attached hydrogen (secondary N) is 2. The molecule has 2 N–H and O–H groups in total. The van der Waals surface area contributed by atoms with Gasteiger partial charge in [-0.15, -0.1) is 0 Å². The lowest BCUT2D eigenvalue weighted by molar-refractivity contribution is -0.118. The van der Waals surface area contributed by atoms with Crippen LogP contribution < -0.4 is 10.1 Å². The molecule has 0 aliphatic rings. The zero-order valence-electron chi connectivity index (χ0n) is 12.4. The van der Waals surface area contributed by atoms with Gasteiger partial charge in [-0.05, 0) is 29.8 Å². The second-order valence-corrected chi connectivity index (χ2v) is 4.91. The largest absolute Gasteiger partial charge is 0.484 e. The lowest BCUT2D eigenvalue weighted by Crippen LogP contribution is -2.20. The van der Waals surface area contributed by atoms with Crippen molar-refractivity contribution in [3.8, 4) is 5.75 Å². The third-order valence-corrected chi connectivity index (χ3v) is 3.15. The monoisotopic (exact) mass is 308 g/mol. The number of nitrogens with zero attached hydrogens (tertiary/aromatic N) is 2. The van der Waals surface area contributed by atoms with Crippen LogP contribution in [0.25, 0.3) is 0 Å². The normalized spacial score (nSPS) is 10.3. The van der Waals surface area contributed by atoms with Gasteiger partial charge >= 0.3 is 0 Å². The summed E-state index contributed by atoms with van der Waals surface area (Å²) >= 11 is 0. The molecule has 23 heavy (non-hydrogen) atoms. The number of H-pyrrole nitrogens is 1. The zero-order chi connectivity index (χ0) is 15.9. The number of aromatic amines is 1. The van der Waals surface area contributed by atoms with Crippen molar-refractivity contribution >= 4 is 11.7 Å². The van der Waals surface area contributed by atoms with Gasteiger partial charge in [0.05, 0.1) is 0 Å². The Balaban J connectivity index is 1.49. The van der Waals surface area contributed by atoms with Crippen LogP contribution in [0, 0.1) is 0 Å². The molecule has 0 saturated heterocycles. The second kappa shape index (κ2) is 7.22. The Morgan fingerprint density at radius 2 is 1.96 bits per heavy atom. The van der Waals surface area contributed by atoms with Crippen LogP contribution in [0.2, 0.25) is 0 Å². The second-order valence-electron chi connectivity index (χ2n) is 4.91. The fraction of sp³-hybridized carbons (Fsp3) is 0.118. The summed E-state index contributed by atoms with van der Waals surface area (Å²) in [6.45, 7) is -0.0614. The molecule has 6 nitrogen and oxygen atoms in total. The summed E-state index contributed by atoms with van der Waals surface area (Å²) in [4.78, 5) is 23.1. The van der Waals surface area contributed by atoms with E-state index in [2.05, 4.69) is 20.3 Å². The highest BCUT2D eigenvalue weighted by Gasteiger charge is 2.04. The Bertz CT molecular complexity index is 740. The smallest absolute Gasteiger partial charge is 0.263 e. The topological polar surface area (TPSA) is 79.9 Å². The number of hydrogen-bond donors (Lipinski definition) is 2. The van der Waals surface area contributed by atoms with Gasteiger partial charge in [0.15, 0.2) is 6.61 Å². The number of aromatic nitrogens is 3. The molecule has 116 valence electrons. The number of carbonyl (C=O) groups excluding carboxylic acids is 1. The molecule has 3 aromatic rings. The number of hydrogen-bond acceptors (Lipinski definition) is 4. The first-order valence-corrected chi connectivity index (χ1v) is 7.20. The molecule has 6 heteroatoms. The number of benzene rings is 1. The van der Waals surface area contributed by atoms with E-state index in [4.69, 9.17) is 4.74 Å². The molecule has 1 amide bonds. The molecule has 0 unspecified atom stereocenters.